The fourth-order valence-electron chi connectivity index (χ4n) is 1.62. The standard InChI is InChI=1S/C9H16ClNO2S/c10-14(12,13)9-5-4-8-11-6-2-1-3-7-11/h5,9H,1-4,6-8H2/b9-5-. The number of hydrogen-bond acceptors (Lipinski definition) is 3. The Morgan fingerprint density at radius 3 is 2.43 bits per heavy atom. The van der Waals surface area contributed by atoms with Crippen molar-refractivity contribution in [2.45, 2.75) is 25.7 Å². The van der Waals surface area contributed by atoms with E-state index in [2.05, 4.69) is 4.90 Å². The topological polar surface area (TPSA) is 37.4 Å². The summed E-state index contributed by atoms with van der Waals surface area (Å²) in [6.45, 7) is 3.21. The molecule has 1 saturated heterocycles. The van der Waals surface area contributed by atoms with Crippen LogP contribution in [0.2, 0.25) is 0 Å². The second-order valence-electron chi connectivity index (χ2n) is 3.54. The van der Waals surface area contributed by atoms with E-state index in [4.69, 9.17) is 10.7 Å². The molecule has 1 aliphatic heterocycles. The summed E-state index contributed by atoms with van der Waals surface area (Å²) in [6.07, 6.45) is 6.22. The summed E-state index contributed by atoms with van der Waals surface area (Å²) in [4.78, 5) is 2.36. The van der Waals surface area contributed by atoms with Crippen LogP contribution in [0.3, 0.4) is 0 Å². The summed E-state index contributed by atoms with van der Waals surface area (Å²) >= 11 is 0. The van der Waals surface area contributed by atoms with Crippen LogP contribution in [0.5, 0.6) is 0 Å². The van der Waals surface area contributed by atoms with Crippen LogP contribution in [0.1, 0.15) is 25.7 Å². The Kier molecular flexibility index (Phi) is 4.92. The van der Waals surface area contributed by atoms with Gasteiger partial charge >= 0.3 is 0 Å². The predicted molar refractivity (Wildman–Crippen MR) is 58.8 cm³/mol. The lowest BCUT2D eigenvalue weighted by molar-refractivity contribution is 0.233. The minimum atomic E-state index is -3.45. The molecule has 5 heteroatoms. The van der Waals surface area contributed by atoms with E-state index in [1.165, 1.54) is 19.3 Å². The van der Waals surface area contributed by atoms with Crippen molar-refractivity contribution in [2.75, 3.05) is 19.6 Å². The van der Waals surface area contributed by atoms with E-state index in [0.717, 1.165) is 31.5 Å². The third-order valence-corrected chi connectivity index (χ3v) is 3.15. The lowest BCUT2D eigenvalue weighted by Gasteiger charge is -2.25. The molecule has 1 aliphatic rings. The van der Waals surface area contributed by atoms with Crippen LogP contribution in [0.25, 0.3) is 0 Å². The number of halogens is 1. The maximum atomic E-state index is 10.5. The van der Waals surface area contributed by atoms with Gasteiger partial charge in [-0.2, -0.15) is 0 Å². The van der Waals surface area contributed by atoms with Crippen LogP contribution < -0.4 is 0 Å². The number of piperidine rings is 1. The average molecular weight is 238 g/mol. The monoisotopic (exact) mass is 237 g/mol. The summed E-state index contributed by atoms with van der Waals surface area (Å²) in [7, 11) is 1.57. The Hall–Kier alpha value is -0.0600. The molecule has 0 bridgehead atoms. The molecule has 0 aliphatic carbocycles. The van der Waals surface area contributed by atoms with Crippen molar-refractivity contribution >= 4 is 19.7 Å². The third-order valence-electron chi connectivity index (χ3n) is 2.32. The molecule has 14 heavy (non-hydrogen) atoms. The molecule has 3 nitrogen and oxygen atoms in total. The van der Waals surface area contributed by atoms with Gasteiger partial charge in [0.2, 0.25) is 0 Å². The van der Waals surface area contributed by atoms with Gasteiger partial charge < -0.3 is 4.90 Å². The van der Waals surface area contributed by atoms with Crippen LogP contribution in [-0.4, -0.2) is 33.0 Å². The second-order valence-corrected chi connectivity index (χ2v) is 6.05. The summed E-state index contributed by atoms with van der Waals surface area (Å²) in [5.41, 5.74) is 0. The normalized spacial score (nSPS) is 20.4. The van der Waals surface area contributed by atoms with E-state index >= 15 is 0 Å². The fraction of sp³-hybridized carbons (Fsp3) is 0.778. The van der Waals surface area contributed by atoms with E-state index in [-0.39, 0.29) is 0 Å². The lowest BCUT2D eigenvalue weighted by Crippen LogP contribution is -2.30. The van der Waals surface area contributed by atoms with Crippen molar-refractivity contribution in [2.24, 2.45) is 0 Å². The van der Waals surface area contributed by atoms with Gasteiger partial charge in [-0.1, -0.05) is 12.5 Å². The Bertz CT molecular complexity index is 281. The number of nitrogens with zero attached hydrogens (tertiary/aromatic N) is 1. The maximum Gasteiger partial charge on any atom is 0.254 e. The lowest BCUT2D eigenvalue weighted by atomic mass is 10.1. The first-order chi connectivity index (χ1) is 6.58. The Labute approximate surface area is 90.2 Å². The van der Waals surface area contributed by atoms with Gasteiger partial charge in [0, 0.05) is 22.6 Å². The van der Waals surface area contributed by atoms with E-state index in [1.807, 2.05) is 0 Å². The zero-order valence-electron chi connectivity index (χ0n) is 8.15. The van der Waals surface area contributed by atoms with Gasteiger partial charge in [0.25, 0.3) is 9.05 Å². The number of likely N-dealkylation sites (tertiary alicyclic amines) is 1. The molecule has 0 unspecified atom stereocenters. The van der Waals surface area contributed by atoms with Gasteiger partial charge in [-0.25, -0.2) is 8.42 Å². The molecule has 0 aromatic heterocycles. The molecule has 0 radical (unpaired) electrons. The van der Waals surface area contributed by atoms with Crippen molar-refractivity contribution in [1.29, 1.82) is 0 Å². The smallest absolute Gasteiger partial charge is 0.254 e. The number of hydrogen-bond donors (Lipinski definition) is 0. The molecule has 1 heterocycles. The van der Waals surface area contributed by atoms with Gasteiger partial charge in [0.1, 0.15) is 0 Å². The first-order valence-corrected chi connectivity index (χ1v) is 7.29. The van der Waals surface area contributed by atoms with E-state index in [9.17, 15) is 8.42 Å². The number of rotatable bonds is 4. The molecule has 0 saturated carbocycles. The molecule has 0 aromatic carbocycles. The quantitative estimate of drug-likeness (QED) is 0.702. The molecule has 82 valence electrons. The van der Waals surface area contributed by atoms with Crippen LogP contribution in [0.15, 0.2) is 11.5 Å². The Balaban J connectivity index is 2.17. The SMILES string of the molecule is O=S(=O)(Cl)/C=C\CCN1CCCCC1. The molecule has 0 N–H and O–H groups in total. The van der Waals surface area contributed by atoms with E-state index < -0.39 is 9.05 Å². The van der Waals surface area contributed by atoms with E-state index in [0.29, 0.717) is 0 Å². The Morgan fingerprint density at radius 1 is 1.21 bits per heavy atom. The first kappa shape index (κ1) is 12.0. The second kappa shape index (κ2) is 5.73. The highest BCUT2D eigenvalue weighted by Gasteiger charge is 2.08. The van der Waals surface area contributed by atoms with Crippen molar-refractivity contribution in [3.63, 3.8) is 0 Å². The zero-order chi connectivity index (χ0) is 10.4. The van der Waals surface area contributed by atoms with Crippen molar-refractivity contribution in [3.8, 4) is 0 Å². The molecule has 1 rings (SSSR count). The van der Waals surface area contributed by atoms with Gasteiger partial charge in [-0.15, -0.1) is 0 Å². The first-order valence-electron chi connectivity index (χ1n) is 4.91. The van der Waals surface area contributed by atoms with Crippen molar-refractivity contribution in [3.05, 3.63) is 11.5 Å². The van der Waals surface area contributed by atoms with Gasteiger partial charge in [0.05, 0.1) is 0 Å². The summed E-state index contributed by atoms with van der Waals surface area (Å²) in [5, 5.41) is 1.07. The average Bonchev–Trinajstić information content (AvgIpc) is 2.13. The molecule has 0 atom stereocenters. The zero-order valence-corrected chi connectivity index (χ0v) is 9.73. The predicted octanol–water partition coefficient (Wildman–Crippen LogP) is 1.94. The fourth-order valence-corrected chi connectivity index (χ4v) is 2.21. The molecule has 0 aromatic rings. The minimum Gasteiger partial charge on any atom is -0.303 e. The molecular formula is C9H16ClNO2S. The molecular weight excluding hydrogens is 222 g/mol. The van der Waals surface area contributed by atoms with Crippen molar-refractivity contribution < 1.29 is 8.42 Å². The van der Waals surface area contributed by atoms with Crippen molar-refractivity contribution in [1.82, 2.24) is 4.90 Å². The largest absolute Gasteiger partial charge is 0.303 e. The van der Waals surface area contributed by atoms with Gasteiger partial charge in [0.15, 0.2) is 0 Å². The summed E-state index contributed by atoms with van der Waals surface area (Å²) < 4.78 is 21.1. The van der Waals surface area contributed by atoms with Gasteiger partial charge in [-0.05, 0) is 32.4 Å². The summed E-state index contributed by atoms with van der Waals surface area (Å²) in [5.74, 6) is 0. The highest BCUT2D eigenvalue weighted by atomic mass is 35.7. The van der Waals surface area contributed by atoms with Gasteiger partial charge in [-0.3, -0.25) is 0 Å². The van der Waals surface area contributed by atoms with E-state index in [1.54, 1.807) is 6.08 Å². The van der Waals surface area contributed by atoms with Crippen LogP contribution in [0.4, 0.5) is 0 Å². The molecule has 1 fully saturated rings. The Morgan fingerprint density at radius 2 is 1.86 bits per heavy atom. The molecule has 0 spiro atoms. The van der Waals surface area contributed by atoms with Crippen LogP contribution >= 0.6 is 10.7 Å². The summed E-state index contributed by atoms with van der Waals surface area (Å²) in [6, 6.07) is 0. The van der Waals surface area contributed by atoms with Crippen LogP contribution in [-0.2, 0) is 9.05 Å². The van der Waals surface area contributed by atoms with Crippen LogP contribution in [0, 0.1) is 0 Å². The highest BCUT2D eigenvalue weighted by Crippen LogP contribution is 2.09. The maximum absolute atomic E-state index is 10.5. The molecule has 0 amide bonds. The highest BCUT2D eigenvalue weighted by molar-refractivity contribution is 8.16. The third kappa shape index (κ3) is 5.62. The minimum absolute atomic E-state index is 0.756.